The van der Waals surface area contributed by atoms with Crippen LogP contribution in [0, 0.1) is 0 Å². The van der Waals surface area contributed by atoms with Crippen molar-refractivity contribution in [3.63, 3.8) is 0 Å². The van der Waals surface area contributed by atoms with E-state index in [2.05, 4.69) is 5.32 Å². The summed E-state index contributed by atoms with van der Waals surface area (Å²) in [5.41, 5.74) is 0. The topological polar surface area (TPSA) is 101 Å². The Balaban J connectivity index is 2.02. The third kappa shape index (κ3) is 2.88. The maximum atomic E-state index is 11.8. The molecule has 1 aromatic heterocycles. The maximum absolute atomic E-state index is 11.8. The van der Waals surface area contributed by atoms with Crippen molar-refractivity contribution in [2.75, 3.05) is 11.5 Å². The highest BCUT2D eigenvalue weighted by Gasteiger charge is 2.29. The fraction of sp³-hybridized carbons (Fsp3) is 0.400. The van der Waals surface area contributed by atoms with Crippen LogP contribution < -0.4 is 5.32 Å². The van der Waals surface area contributed by atoms with E-state index in [9.17, 15) is 18.0 Å². The van der Waals surface area contributed by atoms with Gasteiger partial charge in [0.1, 0.15) is 4.88 Å². The van der Waals surface area contributed by atoms with Gasteiger partial charge in [0.15, 0.2) is 9.84 Å². The Bertz CT molecular complexity index is 589. The first kappa shape index (κ1) is 13.0. The van der Waals surface area contributed by atoms with Crippen molar-refractivity contribution >= 4 is 33.1 Å². The van der Waals surface area contributed by atoms with Crippen LogP contribution in [0.3, 0.4) is 0 Å². The summed E-state index contributed by atoms with van der Waals surface area (Å²) in [5.74, 6) is -1.46. The van der Waals surface area contributed by atoms with Crippen molar-refractivity contribution in [2.45, 2.75) is 12.5 Å². The lowest BCUT2D eigenvalue weighted by Gasteiger charge is -2.08. The Hall–Kier alpha value is -1.41. The lowest BCUT2D eigenvalue weighted by molar-refractivity contribution is 0.0702. The minimum Gasteiger partial charge on any atom is -0.477 e. The molecule has 2 N–H and O–H groups in total. The standard InChI is InChI=1S/C10H11NO5S2/c12-9(7-1-2-8(17-7)10(13)14)11-6-3-4-18(15,16)5-6/h1-2,6H,3-5H2,(H,11,12)(H,13,14). The molecule has 0 aromatic carbocycles. The number of nitrogens with one attached hydrogen (secondary N) is 1. The van der Waals surface area contributed by atoms with Crippen LogP contribution in [0.5, 0.6) is 0 Å². The van der Waals surface area contributed by atoms with Gasteiger partial charge in [0, 0.05) is 6.04 Å². The van der Waals surface area contributed by atoms with Crippen LogP contribution in [-0.2, 0) is 9.84 Å². The molecule has 0 aliphatic carbocycles. The molecule has 1 aromatic rings. The van der Waals surface area contributed by atoms with E-state index in [-0.39, 0.29) is 27.3 Å². The molecular weight excluding hydrogens is 278 g/mol. The van der Waals surface area contributed by atoms with Crippen LogP contribution in [0.25, 0.3) is 0 Å². The molecule has 0 saturated carbocycles. The van der Waals surface area contributed by atoms with E-state index in [4.69, 9.17) is 5.11 Å². The number of carboxylic acids is 1. The highest BCUT2D eigenvalue weighted by Crippen LogP contribution is 2.18. The number of aromatic carboxylic acids is 1. The van der Waals surface area contributed by atoms with Gasteiger partial charge in [0.2, 0.25) is 0 Å². The van der Waals surface area contributed by atoms with Crippen LogP contribution in [0.4, 0.5) is 0 Å². The van der Waals surface area contributed by atoms with Gasteiger partial charge in [-0.15, -0.1) is 11.3 Å². The quantitative estimate of drug-likeness (QED) is 0.837. The molecule has 0 spiro atoms. The minimum absolute atomic E-state index is 0.0457. The third-order valence-electron chi connectivity index (χ3n) is 2.61. The maximum Gasteiger partial charge on any atom is 0.345 e. The van der Waals surface area contributed by atoms with Crippen molar-refractivity contribution in [2.24, 2.45) is 0 Å². The summed E-state index contributed by atoms with van der Waals surface area (Å²) in [5, 5.41) is 11.3. The minimum atomic E-state index is -3.04. The van der Waals surface area contributed by atoms with E-state index in [0.29, 0.717) is 6.42 Å². The molecule has 1 aliphatic rings. The number of carboxylic acid groups (broad SMARTS) is 1. The molecule has 98 valence electrons. The number of rotatable bonds is 3. The molecule has 2 heterocycles. The third-order valence-corrected chi connectivity index (χ3v) is 5.45. The molecule has 2 rings (SSSR count). The van der Waals surface area contributed by atoms with E-state index in [0.717, 1.165) is 11.3 Å². The summed E-state index contributed by atoms with van der Waals surface area (Å²) in [7, 11) is -3.04. The van der Waals surface area contributed by atoms with Gasteiger partial charge >= 0.3 is 5.97 Å². The summed E-state index contributed by atoms with van der Waals surface area (Å²) in [6, 6.07) is 2.40. The second-order valence-corrected chi connectivity index (χ2v) is 7.35. The van der Waals surface area contributed by atoms with Crippen molar-refractivity contribution in [3.05, 3.63) is 21.9 Å². The van der Waals surface area contributed by atoms with Gasteiger partial charge in [-0.2, -0.15) is 0 Å². The molecule has 1 saturated heterocycles. The summed E-state index contributed by atoms with van der Waals surface area (Å²) >= 11 is 0.871. The number of sulfone groups is 1. The fourth-order valence-electron chi connectivity index (χ4n) is 1.74. The van der Waals surface area contributed by atoms with Gasteiger partial charge in [0.05, 0.1) is 16.4 Å². The van der Waals surface area contributed by atoms with Crippen LogP contribution >= 0.6 is 11.3 Å². The lowest BCUT2D eigenvalue weighted by Crippen LogP contribution is -2.35. The van der Waals surface area contributed by atoms with Crippen LogP contribution in [-0.4, -0.2) is 42.9 Å². The van der Waals surface area contributed by atoms with Gasteiger partial charge in [-0.1, -0.05) is 0 Å². The van der Waals surface area contributed by atoms with Gasteiger partial charge in [-0.25, -0.2) is 13.2 Å². The summed E-state index contributed by atoms with van der Waals surface area (Å²) < 4.78 is 22.5. The molecule has 1 unspecified atom stereocenters. The summed E-state index contributed by atoms with van der Waals surface area (Å²) in [6.45, 7) is 0. The number of carbonyl (C=O) groups excluding carboxylic acids is 1. The number of hydrogen-bond acceptors (Lipinski definition) is 5. The zero-order valence-electron chi connectivity index (χ0n) is 9.25. The van der Waals surface area contributed by atoms with E-state index in [1.807, 2.05) is 0 Å². The highest BCUT2D eigenvalue weighted by atomic mass is 32.2. The second-order valence-electron chi connectivity index (χ2n) is 4.04. The first-order chi connectivity index (χ1) is 8.37. The predicted octanol–water partition coefficient (Wildman–Crippen LogP) is 0.363. The zero-order valence-corrected chi connectivity index (χ0v) is 10.9. The average molecular weight is 289 g/mol. The summed E-state index contributed by atoms with van der Waals surface area (Å²) in [4.78, 5) is 22.8. The van der Waals surface area contributed by atoms with E-state index < -0.39 is 21.7 Å². The fourth-order valence-corrected chi connectivity index (χ4v) is 4.16. The number of thiophene rings is 1. The predicted molar refractivity (Wildman–Crippen MR) is 65.8 cm³/mol. The van der Waals surface area contributed by atoms with Crippen molar-refractivity contribution in [3.8, 4) is 0 Å². The van der Waals surface area contributed by atoms with Crippen LogP contribution in [0.15, 0.2) is 12.1 Å². The summed E-state index contributed by atoms with van der Waals surface area (Å²) in [6.07, 6.45) is 0.408. The smallest absolute Gasteiger partial charge is 0.345 e. The molecule has 0 bridgehead atoms. The van der Waals surface area contributed by atoms with Crippen LogP contribution in [0.1, 0.15) is 25.8 Å². The Kier molecular flexibility index (Phi) is 3.40. The molecule has 8 heteroatoms. The van der Waals surface area contributed by atoms with Gasteiger partial charge in [0.25, 0.3) is 5.91 Å². The van der Waals surface area contributed by atoms with Gasteiger partial charge in [-0.05, 0) is 18.6 Å². The van der Waals surface area contributed by atoms with Crippen molar-refractivity contribution < 1.29 is 23.1 Å². The molecule has 1 atom stereocenters. The SMILES string of the molecule is O=C(O)c1ccc(C(=O)NC2CCS(=O)(=O)C2)s1. The first-order valence-electron chi connectivity index (χ1n) is 5.22. The van der Waals surface area contributed by atoms with Gasteiger partial charge < -0.3 is 10.4 Å². The Morgan fingerprint density at radius 3 is 2.50 bits per heavy atom. The Morgan fingerprint density at radius 1 is 1.33 bits per heavy atom. The molecule has 0 radical (unpaired) electrons. The second kappa shape index (κ2) is 4.69. The highest BCUT2D eigenvalue weighted by molar-refractivity contribution is 7.91. The number of carbonyl (C=O) groups is 2. The molecule has 1 amide bonds. The zero-order chi connectivity index (χ0) is 13.3. The lowest BCUT2D eigenvalue weighted by atomic mass is 10.2. The largest absolute Gasteiger partial charge is 0.477 e. The van der Waals surface area contributed by atoms with Crippen molar-refractivity contribution in [1.82, 2.24) is 5.32 Å². The Labute approximate surface area is 108 Å². The normalized spacial score (nSPS) is 21.7. The van der Waals surface area contributed by atoms with E-state index >= 15 is 0 Å². The van der Waals surface area contributed by atoms with Gasteiger partial charge in [-0.3, -0.25) is 4.79 Å². The van der Waals surface area contributed by atoms with E-state index in [1.165, 1.54) is 12.1 Å². The molecule has 18 heavy (non-hydrogen) atoms. The van der Waals surface area contributed by atoms with Crippen molar-refractivity contribution in [1.29, 1.82) is 0 Å². The number of hydrogen-bond donors (Lipinski definition) is 2. The molecule has 6 nitrogen and oxygen atoms in total. The molecule has 1 fully saturated rings. The number of amides is 1. The monoisotopic (exact) mass is 289 g/mol. The molecular formula is C10H11NO5S2. The van der Waals surface area contributed by atoms with Crippen LogP contribution in [0.2, 0.25) is 0 Å². The van der Waals surface area contributed by atoms with E-state index in [1.54, 1.807) is 0 Å². The first-order valence-corrected chi connectivity index (χ1v) is 7.85. The average Bonchev–Trinajstić information content (AvgIpc) is 2.85. The Morgan fingerprint density at radius 2 is 2.00 bits per heavy atom. The molecule has 1 aliphatic heterocycles.